The number of pyridine rings is 1. The number of hydrogen-bond acceptors (Lipinski definition) is 6. The van der Waals surface area contributed by atoms with E-state index in [0.29, 0.717) is 5.03 Å². The fraction of sp³-hybridized carbons (Fsp3) is 0. The van der Waals surface area contributed by atoms with Crippen molar-refractivity contribution in [3.8, 4) is 0 Å². The third-order valence-corrected chi connectivity index (χ3v) is 2.71. The third-order valence-electron chi connectivity index (χ3n) is 1.10. The summed E-state index contributed by atoms with van der Waals surface area (Å²) < 4.78 is 0. The maximum Gasteiger partial charge on any atom is 0.287 e. The maximum atomic E-state index is 10.2. The Morgan fingerprint density at radius 3 is 2.50 bits per heavy atom. The van der Waals surface area contributed by atoms with Gasteiger partial charge < -0.3 is 8.01 Å². The van der Waals surface area contributed by atoms with Gasteiger partial charge in [0.05, 0.1) is 4.92 Å². The molecule has 1 aromatic heterocycles. The zero-order chi connectivity index (χ0) is 9.14. The Morgan fingerprint density at radius 1 is 1.50 bits per heavy atom. The Morgan fingerprint density at radius 2 is 2.17 bits per heavy atom. The molecule has 12 heavy (non-hydrogen) atoms. The number of rotatable bonds is 2. The van der Waals surface area contributed by atoms with Crippen molar-refractivity contribution in [3.05, 3.63) is 28.4 Å². The molecule has 1 heterocycles. The van der Waals surface area contributed by atoms with Gasteiger partial charge in [-0.25, -0.2) is 0 Å². The van der Waals surface area contributed by atoms with Crippen LogP contribution in [-0.2, 0) is 30.4 Å². The molecule has 0 unspecified atom stereocenters. The first-order valence-electron chi connectivity index (χ1n) is 2.81. The van der Waals surface area contributed by atoms with E-state index in [4.69, 9.17) is 22.4 Å². The van der Waals surface area contributed by atoms with Crippen LogP contribution in [0.4, 0.5) is 5.69 Å². The maximum absolute atomic E-state index is 10.2. The van der Waals surface area contributed by atoms with Crippen molar-refractivity contribution >= 4 is 36.1 Å². The quantitative estimate of drug-likeness (QED) is 0.420. The molecule has 0 aromatic carbocycles. The summed E-state index contributed by atoms with van der Waals surface area (Å²) in [6, 6.07) is 2.84. The zero-order valence-corrected chi connectivity index (χ0v) is 8.12. The normalized spacial score (nSPS) is 10.1. The molecule has 7 heteroatoms. The monoisotopic (exact) mass is 219 g/mol. The molecule has 0 atom stereocenters. The summed E-state index contributed by atoms with van der Waals surface area (Å²) >= 11 is 9.53. The van der Waals surface area contributed by atoms with Gasteiger partial charge in [-0.1, -0.05) is 6.07 Å². The molecule has 0 aliphatic rings. The second-order valence-electron chi connectivity index (χ2n) is 1.85. The molecule has 0 aliphatic carbocycles. The molecule has 1 rings (SSSR count). The minimum Gasteiger partial charge on any atom is -0.302 e. The predicted octanol–water partition coefficient (Wildman–Crippen LogP) is 0.891. The van der Waals surface area contributed by atoms with Crippen LogP contribution in [0, 0.1) is 10.1 Å². The van der Waals surface area contributed by atoms with Crippen LogP contribution in [0.3, 0.4) is 0 Å². The predicted molar refractivity (Wildman–Crippen MR) is 51.3 cm³/mol. The summed E-state index contributed by atoms with van der Waals surface area (Å²) in [7, 11) is -0.767. The van der Waals surface area contributed by atoms with Crippen molar-refractivity contribution < 1.29 is 4.92 Å². The van der Waals surface area contributed by atoms with Crippen LogP contribution in [-0.4, -0.2) is 9.91 Å². The summed E-state index contributed by atoms with van der Waals surface area (Å²) in [5, 5.41) is 10.7. The van der Waals surface area contributed by atoms with Crippen LogP contribution in [0.15, 0.2) is 23.4 Å². The summed E-state index contributed by atoms with van der Waals surface area (Å²) in [6.45, 7) is 0. The van der Waals surface area contributed by atoms with E-state index in [0.717, 1.165) is 6.20 Å². The lowest BCUT2D eigenvalue weighted by molar-refractivity contribution is -0.385. The highest BCUT2D eigenvalue weighted by Gasteiger charge is 2.01. The lowest BCUT2D eigenvalue weighted by Crippen LogP contribution is -1.90. The van der Waals surface area contributed by atoms with E-state index in [9.17, 15) is 10.1 Å². The highest BCUT2D eigenvalue weighted by molar-refractivity contribution is 8.46. The van der Waals surface area contributed by atoms with Crippen LogP contribution in [0.25, 0.3) is 0 Å². The van der Waals surface area contributed by atoms with Crippen LogP contribution in [0.5, 0.6) is 0 Å². The standard InChI is InChI=1S/C5H3N2O2S3/c8-7(9)4-1-2-5(6-3-4)12(10)11/h1-3H/q-1. The van der Waals surface area contributed by atoms with Crippen molar-refractivity contribution in [3.63, 3.8) is 0 Å². The van der Waals surface area contributed by atoms with Crippen molar-refractivity contribution in [2.24, 2.45) is 0 Å². The molecular weight excluding hydrogens is 216 g/mol. The number of nitrogens with zero attached hydrogens (tertiary/aromatic N) is 2. The molecule has 0 saturated heterocycles. The van der Waals surface area contributed by atoms with Gasteiger partial charge in [-0.2, -0.15) is 0 Å². The van der Waals surface area contributed by atoms with Crippen LogP contribution >= 0.6 is 0 Å². The van der Waals surface area contributed by atoms with Gasteiger partial charge in [-0.3, -0.25) is 37.5 Å². The van der Waals surface area contributed by atoms with E-state index >= 15 is 0 Å². The average Bonchev–Trinajstić information content (AvgIpc) is 2.04. The molecule has 0 N–H and O–H groups in total. The largest absolute Gasteiger partial charge is 0.302 e. The topological polar surface area (TPSA) is 56.0 Å². The van der Waals surface area contributed by atoms with E-state index in [1.165, 1.54) is 12.1 Å². The molecule has 0 fully saturated rings. The Balaban J connectivity index is 3.09. The van der Waals surface area contributed by atoms with Gasteiger partial charge >= 0.3 is 0 Å². The fourth-order valence-corrected chi connectivity index (χ4v) is 1.49. The molecule has 64 valence electrons. The lowest BCUT2D eigenvalue weighted by atomic mass is 10.4. The lowest BCUT2D eigenvalue weighted by Gasteiger charge is -2.00. The Bertz CT molecular complexity index is 363. The Hall–Kier alpha value is -0.660. The molecule has 0 bridgehead atoms. The molecule has 0 saturated carbocycles. The van der Waals surface area contributed by atoms with Gasteiger partial charge in [0.25, 0.3) is 5.69 Å². The van der Waals surface area contributed by atoms with Crippen LogP contribution in [0.1, 0.15) is 0 Å². The smallest absolute Gasteiger partial charge is 0.287 e. The van der Waals surface area contributed by atoms with E-state index in [2.05, 4.69) is 4.98 Å². The molecule has 0 aliphatic heterocycles. The van der Waals surface area contributed by atoms with Crippen molar-refractivity contribution in [1.82, 2.24) is 4.98 Å². The van der Waals surface area contributed by atoms with E-state index < -0.39 is 12.9 Å². The molecule has 0 spiro atoms. The van der Waals surface area contributed by atoms with Gasteiger partial charge in [-0.05, 0) is 5.03 Å². The van der Waals surface area contributed by atoms with Gasteiger partial charge in [0.2, 0.25) is 0 Å². The Labute approximate surface area is 79.6 Å². The van der Waals surface area contributed by atoms with E-state index in [1.54, 1.807) is 0 Å². The van der Waals surface area contributed by atoms with Crippen molar-refractivity contribution in [2.45, 2.75) is 5.03 Å². The first-order valence-corrected chi connectivity index (χ1v) is 5.88. The van der Waals surface area contributed by atoms with E-state index in [1.807, 2.05) is 0 Å². The third kappa shape index (κ3) is 2.16. The number of nitro groups is 1. The second kappa shape index (κ2) is 3.83. The highest BCUT2D eigenvalue weighted by atomic mass is 33.1. The zero-order valence-electron chi connectivity index (χ0n) is 5.67. The molecule has 4 nitrogen and oxygen atoms in total. The Kier molecular flexibility index (Phi) is 3.01. The van der Waals surface area contributed by atoms with Crippen LogP contribution in [0.2, 0.25) is 0 Å². The summed E-state index contributed by atoms with van der Waals surface area (Å²) in [4.78, 5) is 13.4. The average molecular weight is 219 g/mol. The fourth-order valence-electron chi connectivity index (χ4n) is 0.579. The first-order chi connectivity index (χ1) is 5.61. The summed E-state index contributed by atoms with van der Waals surface area (Å²) in [5.41, 5.74) is -0.0470. The first kappa shape index (κ1) is 9.43. The minimum absolute atomic E-state index is 0.0470. The van der Waals surface area contributed by atoms with Crippen molar-refractivity contribution in [1.29, 1.82) is 0 Å². The summed E-state index contributed by atoms with van der Waals surface area (Å²) in [5.74, 6) is 0. The van der Waals surface area contributed by atoms with Gasteiger partial charge in [0.15, 0.2) is 0 Å². The minimum atomic E-state index is -0.767. The van der Waals surface area contributed by atoms with Crippen molar-refractivity contribution in [2.75, 3.05) is 0 Å². The highest BCUT2D eigenvalue weighted by Crippen LogP contribution is 2.09. The molecule has 0 radical (unpaired) electrons. The van der Waals surface area contributed by atoms with E-state index in [-0.39, 0.29) is 5.69 Å². The summed E-state index contributed by atoms with van der Waals surface area (Å²) in [6.07, 6.45) is 1.16. The number of hydrogen-bond donors (Lipinski definition) is 0. The second-order valence-corrected chi connectivity index (χ2v) is 5.37. The van der Waals surface area contributed by atoms with Crippen LogP contribution < -0.4 is 0 Å². The molecular formula is C5H3N2O2S3-. The number of aromatic nitrogens is 1. The van der Waals surface area contributed by atoms with Gasteiger partial charge in [0.1, 0.15) is 6.20 Å². The SMILES string of the molecule is O=[N+]([O-])c1ccc([S-](=S)=S)nc1. The molecule has 1 aromatic rings. The molecule has 0 amide bonds. The van der Waals surface area contributed by atoms with Gasteiger partial charge in [0, 0.05) is 6.07 Å². The van der Waals surface area contributed by atoms with Gasteiger partial charge in [-0.15, -0.1) is 0 Å².